The Labute approximate surface area is 117 Å². The van der Waals surface area contributed by atoms with Crippen molar-refractivity contribution < 1.29 is 13.5 Å². The van der Waals surface area contributed by atoms with Crippen LogP contribution in [0.25, 0.3) is 0 Å². The highest BCUT2D eigenvalue weighted by Crippen LogP contribution is 2.32. The first-order valence-electron chi connectivity index (χ1n) is 5.86. The number of aliphatic hydroxyl groups excluding tert-OH is 1. The third-order valence-electron chi connectivity index (χ3n) is 2.87. The SMILES string of the molecule is NC(=S)c1ncccc1S(=O)(=O)N(CCO)C1CC1. The van der Waals surface area contributed by atoms with Gasteiger partial charge in [0.05, 0.1) is 6.61 Å². The quantitative estimate of drug-likeness (QED) is 0.710. The number of sulfonamides is 1. The van der Waals surface area contributed by atoms with E-state index >= 15 is 0 Å². The maximum absolute atomic E-state index is 12.6. The molecule has 1 fully saturated rings. The normalized spacial score (nSPS) is 15.7. The first-order valence-corrected chi connectivity index (χ1v) is 7.71. The van der Waals surface area contributed by atoms with Crippen LogP contribution in [0.5, 0.6) is 0 Å². The molecule has 0 aromatic carbocycles. The second-order valence-electron chi connectivity index (χ2n) is 4.28. The van der Waals surface area contributed by atoms with Crippen LogP contribution >= 0.6 is 12.2 Å². The monoisotopic (exact) mass is 301 g/mol. The van der Waals surface area contributed by atoms with Gasteiger partial charge in [-0.25, -0.2) is 8.42 Å². The molecule has 0 unspecified atom stereocenters. The van der Waals surface area contributed by atoms with Gasteiger partial charge < -0.3 is 10.8 Å². The summed E-state index contributed by atoms with van der Waals surface area (Å²) >= 11 is 4.83. The molecule has 0 spiro atoms. The van der Waals surface area contributed by atoms with E-state index in [4.69, 9.17) is 23.1 Å². The molecular formula is C11H15N3O3S2. The largest absolute Gasteiger partial charge is 0.395 e. The lowest BCUT2D eigenvalue weighted by atomic mass is 10.3. The summed E-state index contributed by atoms with van der Waals surface area (Å²) < 4.78 is 26.5. The molecule has 0 radical (unpaired) electrons. The average molecular weight is 301 g/mol. The van der Waals surface area contributed by atoms with E-state index in [-0.39, 0.29) is 34.8 Å². The second kappa shape index (κ2) is 5.49. The Hall–Kier alpha value is -1.09. The van der Waals surface area contributed by atoms with Crippen LogP contribution in [-0.4, -0.2) is 47.0 Å². The van der Waals surface area contributed by atoms with Gasteiger partial charge in [0, 0.05) is 18.8 Å². The third-order valence-corrected chi connectivity index (χ3v) is 5.04. The zero-order chi connectivity index (χ0) is 14.0. The zero-order valence-electron chi connectivity index (χ0n) is 10.2. The van der Waals surface area contributed by atoms with Crippen molar-refractivity contribution in [1.82, 2.24) is 9.29 Å². The van der Waals surface area contributed by atoms with Crippen molar-refractivity contribution in [3.8, 4) is 0 Å². The number of thiocarbonyl (C=S) groups is 1. The number of aromatic nitrogens is 1. The van der Waals surface area contributed by atoms with Gasteiger partial charge in [-0.05, 0) is 25.0 Å². The fourth-order valence-corrected chi connectivity index (χ4v) is 3.93. The lowest BCUT2D eigenvalue weighted by molar-refractivity contribution is 0.250. The molecule has 1 aliphatic rings. The maximum atomic E-state index is 12.6. The van der Waals surface area contributed by atoms with Crippen molar-refractivity contribution in [3.63, 3.8) is 0 Å². The van der Waals surface area contributed by atoms with Crippen LogP contribution in [0.4, 0.5) is 0 Å². The van der Waals surface area contributed by atoms with E-state index < -0.39 is 10.0 Å². The van der Waals surface area contributed by atoms with E-state index in [1.807, 2.05) is 0 Å². The summed E-state index contributed by atoms with van der Waals surface area (Å²) in [6.07, 6.45) is 3.06. The van der Waals surface area contributed by atoms with E-state index in [2.05, 4.69) is 4.98 Å². The minimum atomic E-state index is -3.73. The van der Waals surface area contributed by atoms with Crippen LogP contribution in [0.1, 0.15) is 18.5 Å². The lowest BCUT2D eigenvalue weighted by Crippen LogP contribution is -2.36. The van der Waals surface area contributed by atoms with Gasteiger partial charge in [-0.1, -0.05) is 12.2 Å². The van der Waals surface area contributed by atoms with Crippen LogP contribution in [0, 0.1) is 0 Å². The van der Waals surface area contributed by atoms with Gasteiger partial charge in [0.25, 0.3) is 0 Å². The molecule has 0 atom stereocenters. The van der Waals surface area contributed by atoms with E-state index in [1.54, 1.807) is 0 Å². The minimum absolute atomic E-state index is 0.00264. The molecule has 0 bridgehead atoms. The van der Waals surface area contributed by atoms with Crippen LogP contribution in [0.2, 0.25) is 0 Å². The minimum Gasteiger partial charge on any atom is -0.395 e. The number of rotatable bonds is 6. The Kier molecular flexibility index (Phi) is 4.14. The molecule has 1 heterocycles. The first kappa shape index (κ1) is 14.3. The molecule has 104 valence electrons. The Morgan fingerprint density at radius 3 is 2.79 bits per heavy atom. The summed E-state index contributed by atoms with van der Waals surface area (Å²) in [4.78, 5) is 3.88. The zero-order valence-corrected chi connectivity index (χ0v) is 11.8. The van der Waals surface area contributed by atoms with Crippen LogP contribution in [0.15, 0.2) is 23.2 Å². The molecule has 6 nitrogen and oxygen atoms in total. The molecule has 8 heteroatoms. The molecule has 1 saturated carbocycles. The first-order chi connectivity index (χ1) is 8.98. The highest BCUT2D eigenvalue weighted by Gasteiger charge is 2.38. The summed E-state index contributed by atoms with van der Waals surface area (Å²) in [7, 11) is -3.73. The third kappa shape index (κ3) is 2.92. The van der Waals surface area contributed by atoms with E-state index in [0.29, 0.717) is 0 Å². The summed E-state index contributed by atoms with van der Waals surface area (Å²) in [5, 5.41) is 9.03. The number of aliphatic hydroxyl groups is 1. The number of hydrogen-bond acceptors (Lipinski definition) is 5. The molecule has 0 saturated heterocycles. The van der Waals surface area contributed by atoms with Gasteiger partial charge in [-0.15, -0.1) is 0 Å². The smallest absolute Gasteiger partial charge is 0.245 e. The summed E-state index contributed by atoms with van der Waals surface area (Å²) in [6, 6.07) is 2.92. The second-order valence-corrected chi connectivity index (χ2v) is 6.58. The fraction of sp³-hybridized carbons (Fsp3) is 0.455. The van der Waals surface area contributed by atoms with E-state index in [9.17, 15) is 8.42 Å². The predicted molar refractivity (Wildman–Crippen MR) is 74.1 cm³/mol. The Morgan fingerprint density at radius 2 is 2.26 bits per heavy atom. The van der Waals surface area contributed by atoms with Gasteiger partial charge in [0.2, 0.25) is 10.0 Å². The number of nitrogens with zero attached hydrogens (tertiary/aromatic N) is 2. The molecule has 1 aromatic rings. The molecule has 19 heavy (non-hydrogen) atoms. The van der Waals surface area contributed by atoms with Gasteiger partial charge in [-0.3, -0.25) is 4.98 Å². The standard InChI is InChI=1S/C11H15N3O3S2/c12-11(18)10-9(2-1-5-13-10)19(16,17)14(6-7-15)8-3-4-8/h1-2,5,8,15H,3-4,6-7H2,(H2,12,18). The number of pyridine rings is 1. The van der Waals surface area contributed by atoms with Crippen molar-refractivity contribution >= 4 is 27.2 Å². The molecule has 0 aliphatic heterocycles. The maximum Gasteiger partial charge on any atom is 0.245 e. The Bertz CT molecular complexity index is 585. The predicted octanol–water partition coefficient (Wildman–Crippen LogP) is -0.139. The summed E-state index contributed by atoms with van der Waals surface area (Å²) in [5.74, 6) is 0. The lowest BCUT2D eigenvalue weighted by Gasteiger charge is -2.21. The topological polar surface area (TPSA) is 96.5 Å². The van der Waals surface area contributed by atoms with Gasteiger partial charge in [0.1, 0.15) is 15.6 Å². The molecule has 1 aliphatic carbocycles. The van der Waals surface area contributed by atoms with Crippen molar-refractivity contribution in [3.05, 3.63) is 24.0 Å². The van der Waals surface area contributed by atoms with Gasteiger partial charge >= 0.3 is 0 Å². The van der Waals surface area contributed by atoms with Gasteiger partial charge in [0.15, 0.2) is 0 Å². The van der Waals surface area contributed by atoms with Crippen molar-refractivity contribution in [1.29, 1.82) is 0 Å². The Balaban J connectivity index is 2.46. The summed E-state index contributed by atoms with van der Waals surface area (Å²) in [6.45, 7) is -0.156. The summed E-state index contributed by atoms with van der Waals surface area (Å²) in [5.41, 5.74) is 5.61. The molecule has 2 rings (SSSR count). The van der Waals surface area contributed by atoms with Crippen molar-refractivity contribution in [2.24, 2.45) is 5.73 Å². The van der Waals surface area contributed by atoms with Crippen LogP contribution in [0.3, 0.4) is 0 Å². The Morgan fingerprint density at radius 1 is 1.58 bits per heavy atom. The van der Waals surface area contributed by atoms with Crippen molar-refractivity contribution in [2.45, 2.75) is 23.8 Å². The van der Waals surface area contributed by atoms with Crippen LogP contribution in [-0.2, 0) is 10.0 Å². The number of hydrogen-bond donors (Lipinski definition) is 2. The highest BCUT2D eigenvalue weighted by molar-refractivity contribution is 7.89. The molecular weight excluding hydrogens is 286 g/mol. The highest BCUT2D eigenvalue weighted by atomic mass is 32.2. The van der Waals surface area contributed by atoms with Gasteiger partial charge in [-0.2, -0.15) is 4.31 Å². The fourth-order valence-electron chi connectivity index (χ4n) is 1.87. The molecule has 3 N–H and O–H groups in total. The van der Waals surface area contributed by atoms with E-state index in [0.717, 1.165) is 12.8 Å². The molecule has 0 amide bonds. The van der Waals surface area contributed by atoms with E-state index in [1.165, 1.54) is 22.6 Å². The number of nitrogens with two attached hydrogens (primary N) is 1. The van der Waals surface area contributed by atoms with Crippen LogP contribution < -0.4 is 5.73 Å². The average Bonchev–Trinajstić information content (AvgIpc) is 3.20. The van der Waals surface area contributed by atoms with Crippen molar-refractivity contribution in [2.75, 3.05) is 13.2 Å². The molecule has 1 aromatic heterocycles.